The highest BCUT2D eigenvalue weighted by molar-refractivity contribution is 7.07. The third-order valence-corrected chi connectivity index (χ3v) is 3.55. The third kappa shape index (κ3) is 3.28. The summed E-state index contributed by atoms with van der Waals surface area (Å²) in [6.45, 7) is 2.98. The van der Waals surface area contributed by atoms with Gasteiger partial charge in [0.25, 0.3) is 0 Å². The molecule has 2 atom stereocenters. The van der Waals surface area contributed by atoms with Gasteiger partial charge < -0.3 is 15.4 Å². The Bertz CT molecular complexity index is 276. The molecule has 0 radical (unpaired) electrons. The Kier molecular flexibility index (Phi) is 4.14. The standard InChI is InChI=1S/C11H18N2OS/c1-14-11-4-10(13-7-11)6-12-5-9-2-3-15-8-9/h2-3,8,10-13H,4-7H2,1H3. The Morgan fingerprint density at radius 2 is 2.60 bits per heavy atom. The summed E-state index contributed by atoms with van der Waals surface area (Å²) >= 11 is 1.75. The normalized spacial score (nSPS) is 25.9. The molecule has 4 heteroatoms. The zero-order valence-corrected chi connectivity index (χ0v) is 9.85. The minimum Gasteiger partial charge on any atom is -0.380 e. The molecular formula is C11H18N2OS. The van der Waals surface area contributed by atoms with Crippen molar-refractivity contribution in [2.75, 3.05) is 20.2 Å². The van der Waals surface area contributed by atoms with Crippen LogP contribution in [-0.2, 0) is 11.3 Å². The summed E-state index contributed by atoms with van der Waals surface area (Å²) in [6, 6.07) is 2.73. The SMILES string of the molecule is COC1CNC(CNCc2ccsc2)C1. The lowest BCUT2D eigenvalue weighted by molar-refractivity contribution is 0.117. The number of thiophene rings is 1. The molecule has 1 aromatic heterocycles. The molecule has 2 heterocycles. The summed E-state index contributed by atoms with van der Waals surface area (Å²) in [7, 11) is 1.79. The lowest BCUT2D eigenvalue weighted by Gasteiger charge is -2.11. The van der Waals surface area contributed by atoms with E-state index in [4.69, 9.17) is 4.74 Å². The average Bonchev–Trinajstić information content (AvgIpc) is 2.88. The van der Waals surface area contributed by atoms with Crippen LogP contribution in [0.2, 0.25) is 0 Å². The van der Waals surface area contributed by atoms with Gasteiger partial charge in [-0.05, 0) is 28.8 Å². The van der Waals surface area contributed by atoms with Crippen molar-refractivity contribution in [3.05, 3.63) is 22.4 Å². The van der Waals surface area contributed by atoms with Gasteiger partial charge in [-0.25, -0.2) is 0 Å². The van der Waals surface area contributed by atoms with Crippen molar-refractivity contribution in [1.82, 2.24) is 10.6 Å². The molecule has 1 saturated heterocycles. The lowest BCUT2D eigenvalue weighted by atomic mass is 10.2. The molecule has 84 valence electrons. The van der Waals surface area contributed by atoms with E-state index in [1.807, 2.05) is 0 Å². The zero-order valence-electron chi connectivity index (χ0n) is 9.03. The van der Waals surface area contributed by atoms with Crippen LogP contribution in [0.15, 0.2) is 16.8 Å². The Morgan fingerprint density at radius 1 is 1.67 bits per heavy atom. The highest BCUT2D eigenvalue weighted by Crippen LogP contribution is 2.09. The van der Waals surface area contributed by atoms with Gasteiger partial charge in [0.05, 0.1) is 6.10 Å². The van der Waals surface area contributed by atoms with E-state index in [1.165, 1.54) is 5.56 Å². The fourth-order valence-corrected chi connectivity index (χ4v) is 2.57. The van der Waals surface area contributed by atoms with E-state index >= 15 is 0 Å². The van der Waals surface area contributed by atoms with Gasteiger partial charge >= 0.3 is 0 Å². The number of hydrogen-bond donors (Lipinski definition) is 2. The lowest BCUT2D eigenvalue weighted by Crippen LogP contribution is -2.33. The predicted octanol–water partition coefficient (Wildman–Crippen LogP) is 1.21. The van der Waals surface area contributed by atoms with Crippen molar-refractivity contribution in [2.24, 2.45) is 0 Å². The molecule has 0 spiro atoms. The van der Waals surface area contributed by atoms with Crippen molar-refractivity contribution < 1.29 is 4.74 Å². The number of hydrogen-bond acceptors (Lipinski definition) is 4. The molecule has 1 aliphatic heterocycles. The van der Waals surface area contributed by atoms with E-state index in [2.05, 4.69) is 27.5 Å². The smallest absolute Gasteiger partial charge is 0.0711 e. The van der Waals surface area contributed by atoms with E-state index in [0.29, 0.717) is 12.1 Å². The second-order valence-corrected chi connectivity index (χ2v) is 4.74. The Morgan fingerprint density at radius 3 is 3.27 bits per heavy atom. The van der Waals surface area contributed by atoms with Crippen molar-refractivity contribution >= 4 is 11.3 Å². The maximum Gasteiger partial charge on any atom is 0.0711 e. The molecule has 0 bridgehead atoms. The Hall–Kier alpha value is -0.420. The van der Waals surface area contributed by atoms with E-state index in [0.717, 1.165) is 26.1 Å². The van der Waals surface area contributed by atoms with Crippen molar-refractivity contribution in [1.29, 1.82) is 0 Å². The molecule has 0 amide bonds. The van der Waals surface area contributed by atoms with Gasteiger partial charge in [-0.3, -0.25) is 0 Å². The van der Waals surface area contributed by atoms with Crippen molar-refractivity contribution in [2.45, 2.75) is 25.1 Å². The first kappa shape index (κ1) is 11.1. The summed E-state index contributed by atoms with van der Waals surface area (Å²) in [5.41, 5.74) is 1.38. The first-order valence-corrected chi connectivity index (χ1v) is 6.30. The van der Waals surface area contributed by atoms with Crippen LogP contribution >= 0.6 is 11.3 Å². The highest BCUT2D eigenvalue weighted by atomic mass is 32.1. The van der Waals surface area contributed by atoms with Gasteiger partial charge in [-0.15, -0.1) is 0 Å². The zero-order chi connectivity index (χ0) is 10.5. The average molecular weight is 226 g/mol. The van der Waals surface area contributed by atoms with Gasteiger partial charge in [0.15, 0.2) is 0 Å². The van der Waals surface area contributed by atoms with E-state index in [1.54, 1.807) is 18.4 Å². The van der Waals surface area contributed by atoms with Crippen LogP contribution in [0.25, 0.3) is 0 Å². The molecule has 0 aromatic carbocycles. The summed E-state index contributed by atoms with van der Waals surface area (Å²) in [5, 5.41) is 11.2. The summed E-state index contributed by atoms with van der Waals surface area (Å²) in [6.07, 6.45) is 1.52. The van der Waals surface area contributed by atoms with Crippen LogP contribution < -0.4 is 10.6 Å². The number of rotatable bonds is 5. The molecule has 3 nitrogen and oxygen atoms in total. The molecule has 1 aromatic rings. The minimum atomic E-state index is 0.401. The topological polar surface area (TPSA) is 33.3 Å². The summed E-state index contributed by atoms with van der Waals surface area (Å²) in [4.78, 5) is 0. The largest absolute Gasteiger partial charge is 0.380 e. The fourth-order valence-electron chi connectivity index (χ4n) is 1.90. The van der Waals surface area contributed by atoms with Crippen molar-refractivity contribution in [3.63, 3.8) is 0 Å². The first-order chi connectivity index (χ1) is 7.38. The summed E-state index contributed by atoms with van der Waals surface area (Å²) < 4.78 is 5.30. The van der Waals surface area contributed by atoms with E-state index in [-0.39, 0.29) is 0 Å². The molecule has 0 aliphatic carbocycles. The second-order valence-electron chi connectivity index (χ2n) is 3.96. The van der Waals surface area contributed by atoms with Gasteiger partial charge in [0.2, 0.25) is 0 Å². The maximum absolute atomic E-state index is 5.30. The maximum atomic E-state index is 5.30. The monoisotopic (exact) mass is 226 g/mol. The number of ether oxygens (including phenoxy) is 1. The summed E-state index contributed by atoms with van der Waals surface area (Å²) in [5.74, 6) is 0. The van der Waals surface area contributed by atoms with Gasteiger partial charge in [-0.2, -0.15) is 11.3 Å². The van der Waals surface area contributed by atoms with Gasteiger partial charge in [0, 0.05) is 32.8 Å². The van der Waals surface area contributed by atoms with Crippen LogP contribution in [0, 0.1) is 0 Å². The Balaban J connectivity index is 1.63. The van der Waals surface area contributed by atoms with E-state index < -0.39 is 0 Å². The number of methoxy groups -OCH3 is 1. The van der Waals surface area contributed by atoms with Gasteiger partial charge in [-0.1, -0.05) is 0 Å². The molecule has 2 N–H and O–H groups in total. The third-order valence-electron chi connectivity index (χ3n) is 2.81. The molecule has 2 unspecified atom stereocenters. The highest BCUT2D eigenvalue weighted by Gasteiger charge is 2.22. The van der Waals surface area contributed by atoms with Crippen LogP contribution in [0.4, 0.5) is 0 Å². The molecule has 1 fully saturated rings. The molecule has 1 aliphatic rings. The molecule has 15 heavy (non-hydrogen) atoms. The fraction of sp³-hybridized carbons (Fsp3) is 0.636. The van der Waals surface area contributed by atoms with Gasteiger partial charge in [0.1, 0.15) is 0 Å². The van der Waals surface area contributed by atoms with E-state index in [9.17, 15) is 0 Å². The first-order valence-electron chi connectivity index (χ1n) is 5.36. The second kappa shape index (κ2) is 5.61. The van der Waals surface area contributed by atoms with Crippen LogP contribution in [0.3, 0.4) is 0 Å². The molecule has 2 rings (SSSR count). The molecular weight excluding hydrogens is 208 g/mol. The number of nitrogens with one attached hydrogen (secondary N) is 2. The minimum absolute atomic E-state index is 0.401. The van der Waals surface area contributed by atoms with Crippen molar-refractivity contribution in [3.8, 4) is 0 Å². The van der Waals surface area contributed by atoms with Crippen LogP contribution in [-0.4, -0.2) is 32.3 Å². The predicted molar refractivity (Wildman–Crippen MR) is 63.2 cm³/mol. The molecule has 0 saturated carbocycles. The quantitative estimate of drug-likeness (QED) is 0.792. The van der Waals surface area contributed by atoms with Crippen LogP contribution in [0.1, 0.15) is 12.0 Å². The Labute approximate surface area is 94.8 Å². The van der Waals surface area contributed by atoms with Crippen LogP contribution in [0.5, 0.6) is 0 Å².